The molecule has 198 valence electrons. The van der Waals surface area contributed by atoms with Crippen molar-refractivity contribution in [2.24, 2.45) is 21.5 Å². The van der Waals surface area contributed by atoms with Gasteiger partial charge >= 0.3 is 10.2 Å². The molecule has 5 N–H and O–H groups in total. The lowest BCUT2D eigenvalue weighted by Gasteiger charge is -2.38. The van der Waals surface area contributed by atoms with Crippen molar-refractivity contribution in [3.63, 3.8) is 0 Å². The zero-order valence-electron chi connectivity index (χ0n) is 19.3. The van der Waals surface area contributed by atoms with Crippen LogP contribution in [0.4, 0.5) is 9.57 Å². The SMILES string of the molecule is CC1(C)N=C(N)N=C(N)N1c1ccc(OCc2c(Cl)cccc2S(=O)(=O)F)c(Cl)c1.CCS(=O)(=O)O. The molecule has 0 bridgehead atoms. The van der Waals surface area contributed by atoms with Crippen molar-refractivity contribution in [3.05, 3.63) is 52.0 Å². The molecule has 0 fully saturated rings. The molecular weight excluding hydrogens is 560 g/mol. The van der Waals surface area contributed by atoms with Crippen LogP contribution in [-0.2, 0) is 26.9 Å². The maximum absolute atomic E-state index is 13.5. The molecule has 2 aromatic rings. The maximum Gasteiger partial charge on any atom is 0.332 e. The number of aliphatic imine (C=N–C) groups is 2. The molecule has 0 unspecified atom stereocenters. The fraction of sp³-hybridized carbons (Fsp3) is 0.300. The molecule has 0 radical (unpaired) electrons. The van der Waals surface area contributed by atoms with Crippen molar-refractivity contribution < 1.29 is 30.0 Å². The van der Waals surface area contributed by atoms with E-state index in [0.29, 0.717) is 5.69 Å². The zero-order valence-corrected chi connectivity index (χ0v) is 22.5. The first-order valence-electron chi connectivity index (χ1n) is 10.1. The lowest BCUT2D eigenvalue weighted by molar-refractivity contribution is 0.303. The van der Waals surface area contributed by atoms with Crippen LogP contribution < -0.4 is 21.1 Å². The quantitative estimate of drug-likeness (QED) is 0.339. The smallest absolute Gasteiger partial charge is 0.332 e. The molecule has 11 nitrogen and oxygen atoms in total. The number of hydrogen-bond acceptors (Lipinski definition) is 10. The van der Waals surface area contributed by atoms with Crippen molar-refractivity contribution in [3.8, 4) is 5.75 Å². The summed E-state index contributed by atoms with van der Waals surface area (Å²) >= 11 is 12.4. The van der Waals surface area contributed by atoms with Gasteiger partial charge in [0.25, 0.3) is 10.1 Å². The first-order chi connectivity index (χ1) is 16.5. The van der Waals surface area contributed by atoms with Crippen molar-refractivity contribution in [2.45, 2.75) is 37.9 Å². The fourth-order valence-corrected chi connectivity index (χ4v) is 4.27. The number of guanidine groups is 2. The van der Waals surface area contributed by atoms with Crippen LogP contribution in [0.3, 0.4) is 0 Å². The van der Waals surface area contributed by atoms with E-state index in [-0.39, 0.29) is 45.6 Å². The lowest BCUT2D eigenvalue weighted by atomic mass is 10.1. The van der Waals surface area contributed by atoms with Crippen molar-refractivity contribution in [2.75, 3.05) is 10.7 Å². The molecule has 0 aromatic heterocycles. The standard InChI is InChI=1S/C18H18Cl2FN5O3S.C2H6O3S/c1-18(2)25-16(22)24-17(23)26(18)10-6-7-14(13(20)8-10)29-9-11-12(19)4-3-5-15(11)30(21,27)28;1-2-6(3,4)5/h3-8H,9H2,1-2H3,(H4,22,23,24,25);2H2,1H3,(H,3,4,5). The molecule has 1 heterocycles. The van der Waals surface area contributed by atoms with Gasteiger partial charge in [0, 0.05) is 16.3 Å². The fourth-order valence-electron chi connectivity index (χ4n) is 3.05. The van der Waals surface area contributed by atoms with E-state index >= 15 is 0 Å². The topological polar surface area (TPSA) is 178 Å². The first kappa shape index (κ1) is 29.6. The zero-order chi connectivity index (χ0) is 27.5. The molecule has 0 aliphatic carbocycles. The van der Waals surface area contributed by atoms with Gasteiger partial charge in [-0.2, -0.15) is 21.8 Å². The summed E-state index contributed by atoms with van der Waals surface area (Å²) in [4.78, 5) is 9.32. The number of nitrogens with two attached hydrogens (primary N) is 2. The summed E-state index contributed by atoms with van der Waals surface area (Å²) in [5.41, 5.74) is 11.4. The minimum atomic E-state index is -4.97. The summed E-state index contributed by atoms with van der Waals surface area (Å²) < 4.78 is 68.8. The Bertz CT molecular complexity index is 1420. The number of halogens is 3. The van der Waals surface area contributed by atoms with Gasteiger partial charge in [-0.3, -0.25) is 9.45 Å². The Kier molecular flexibility index (Phi) is 9.18. The monoisotopic (exact) mass is 583 g/mol. The number of hydrogen-bond donors (Lipinski definition) is 3. The third-order valence-corrected chi connectivity index (χ3v) is 6.93. The second-order valence-corrected chi connectivity index (χ2v) is 11.6. The van der Waals surface area contributed by atoms with Gasteiger partial charge in [0.2, 0.25) is 11.9 Å². The number of nitrogens with zero attached hydrogens (tertiary/aromatic N) is 3. The van der Waals surface area contributed by atoms with Gasteiger partial charge in [-0.25, -0.2) is 4.99 Å². The van der Waals surface area contributed by atoms with Crippen LogP contribution in [0.25, 0.3) is 0 Å². The highest BCUT2D eigenvalue weighted by molar-refractivity contribution is 7.86. The Morgan fingerprint density at radius 2 is 1.72 bits per heavy atom. The Balaban J connectivity index is 0.000000678. The summed E-state index contributed by atoms with van der Waals surface area (Å²) in [7, 11) is -8.63. The normalized spacial score (nSPS) is 15.4. The summed E-state index contributed by atoms with van der Waals surface area (Å²) in [5, 5.41) is 0.256. The van der Waals surface area contributed by atoms with Gasteiger partial charge in [-0.15, -0.1) is 3.89 Å². The molecular formula is C20H24Cl2FN5O6S2. The van der Waals surface area contributed by atoms with Crippen LogP contribution >= 0.6 is 23.2 Å². The van der Waals surface area contributed by atoms with E-state index in [2.05, 4.69) is 9.98 Å². The molecule has 0 amide bonds. The molecule has 36 heavy (non-hydrogen) atoms. The summed E-state index contributed by atoms with van der Waals surface area (Å²) in [6, 6.07) is 8.69. The number of rotatable bonds is 6. The van der Waals surface area contributed by atoms with Crippen molar-refractivity contribution in [1.82, 2.24) is 0 Å². The van der Waals surface area contributed by atoms with E-state index in [1.807, 2.05) is 0 Å². The number of ether oxygens (including phenoxy) is 1. The Morgan fingerprint density at radius 1 is 1.11 bits per heavy atom. The van der Waals surface area contributed by atoms with E-state index in [0.717, 1.165) is 6.07 Å². The van der Waals surface area contributed by atoms with Crippen LogP contribution in [0.15, 0.2) is 51.3 Å². The number of benzene rings is 2. The molecule has 0 saturated heterocycles. The van der Waals surface area contributed by atoms with Gasteiger partial charge in [-0.1, -0.05) is 29.3 Å². The summed E-state index contributed by atoms with van der Waals surface area (Å²) in [6.45, 7) is 4.66. The van der Waals surface area contributed by atoms with Crippen molar-refractivity contribution in [1.29, 1.82) is 0 Å². The molecule has 1 aliphatic rings. The van der Waals surface area contributed by atoms with Crippen LogP contribution in [-0.4, -0.2) is 44.7 Å². The highest BCUT2D eigenvalue weighted by atomic mass is 35.5. The average molecular weight is 584 g/mol. The van der Waals surface area contributed by atoms with E-state index in [1.54, 1.807) is 36.9 Å². The van der Waals surface area contributed by atoms with Crippen LogP contribution in [0.2, 0.25) is 10.0 Å². The Labute approximate surface area is 218 Å². The van der Waals surface area contributed by atoms with Gasteiger partial charge in [-0.05, 0) is 51.1 Å². The van der Waals surface area contributed by atoms with Gasteiger partial charge < -0.3 is 16.2 Å². The van der Waals surface area contributed by atoms with E-state index in [4.69, 9.17) is 44.0 Å². The van der Waals surface area contributed by atoms with Gasteiger partial charge in [0.05, 0.1) is 10.8 Å². The second-order valence-electron chi connectivity index (χ2n) is 7.70. The predicted molar refractivity (Wildman–Crippen MR) is 137 cm³/mol. The Morgan fingerprint density at radius 3 is 2.22 bits per heavy atom. The number of anilines is 1. The minimum absolute atomic E-state index is 0.0137. The van der Waals surface area contributed by atoms with E-state index < -0.39 is 30.9 Å². The second kappa shape index (κ2) is 11.2. The average Bonchev–Trinajstić information content (AvgIpc) is 2.71. The third-order valence-electron chi connectivity index (χ3n) is 4.64. The van der Waals surface area contributed by atoms with Crippen LogP contribution in [0, 0.1) is 0 Å². The van der Waals surface area contributed by atoms with Crippen LogP contribution in [0.1, 0.15) is 26.3 Å². The molecule has 0 atom stereocenters. The van der Waals surface area contributed by atoms with E-state index in [1.165, 1.54) is 19.1 Å². The molecule has 16 heteroatoms. The largest absolute Gasteiger partial charge is 0.487 e. The predicted octanol–water partition coefficient (Wildman–Crippen LogP) is 3.31. The van der Waals surface area contributed by atoms with Gasteiger partial charge in [0.1, 0.15) is 22.9 Å². The third kappa shape index (κ3) is 7.67. The van der Waals surface area contributed by atoms with Crippen LogP contribution in [0.5, 0.6) is 5.75 Å². The summed E-state index contributed by atoms with van der Waals surface area (Å²) in [5.74, 6) is 0.243. The maximum atomic E-state index is 13.5. The lowest BCUT2D eigenvalue weighted by Crippen LogP contribution is -2.54. The highest BCUT2D eigenvalue weighted by Crippen LogP contribution is 2.35. The molecule has 1 aliphatic heterocycles. The summed E-state index contributed by atoms with van der Waals surface area (Å²) in [6.07, 6.45) is 0. The molecule has 2 aromatic carbocycles. The minimum Gasteiger partial charge on any atom is -0.487 e. The molecule has 0 saturated carbocycles. The molecule has 0 spiro atoms. The van der Waals surface area contributed by atoms with E-state index in [9.17, 15) is 20.7 Å². The molecule has 3 rings (SSSR count). The Hall–Kier alpha value is -2.65. The van der Waals surface area contributed by atoms with Crippen molar-refractivity contribution >= 4 is 61.1 Å². The first-order valence-corrected chi connectivity index (χ1v) is 13.8. The highest BCUT2D eigenvalue weighted by Gasteiger charge is 2.33. The van der Waals surface area contributed by atoms with Gasteiger partial charge in [0.15, 0.2) is 0 Å².